The van der Waals surface area contributed by atoms with E-state index < -0.39 is 5.60 Å². The number of hydrogen-bond donors (Lipinski definition) is 1. The van der Waals surface area contributed by atoms with Gasteiger partial charge in [0.25, 0.3) is 0 Å². The van der Waals surface area contributed by atoms with E-state index >= 15 is 0 Å². The van der Waals surface area contributed by atoms with E-state index in [1.165, 1.54) is 0 Å². The minimum absolute atomic E-state index is 0.316. The fourth-order valence-electron chi connectivity index (χ4n) is 2.64. The molecule has 0 saturated heterocycles. The van der Waals surface area contributed by atoms with Crippen molar-refractivity contribution in [1.29, 1.82) is 0 Å². The smallest absolute Gasteiger partial charge is 0.211 e. The third-order valence-corrected chi connectivity index (χ3v) is 3.65. The molecule has 21 heavy (non-hydrogen) atoms. The Balaban J connectivity index is 2.13. The first-order valence-corrected chi connectivity index (χ1v) is 6.95. The van der Waals surface area contributed by atoms with Crippen LogP contribution in [0.4, 0.5) is 0 Å². The minimum atomic E-state index is -1.66. The van der Waals surface area contributed by atoms with Crippen molar-refractivity contribution < 1.29 is 14.6 Å². The number of rotatable bonds is 4. The number of aliphatic hydroxyl groups is 1. The molecule has 0 bridgehead atoms. The molecule has 3 heteroatoms. The second-order valence-corrected chi connectivity index (χ2v) is 4.91. The molecule has 0 heterocycles. The lowest BCUT2D eigenvalue weighted by Crippen LogP contribution is -2.48. The highest BCUT2D eigenvalue weighted by molar-refractivity contribution is 6.33. The van der Waals surface area contributed by atoms with Gasteiger partial charge in [-0.15, -0.1) is 0 Å². The Kier molecular flexibility index (Phi) is 3.35. The average Bonchev–Trinajstić information content (AvgIpc) is 2.55. The van der Waals surface area contributed by atoms with E-state index in [0.717, 1.165) is 5.56 Å². The molecule has 3 nitrogen and oxygen atoms in total. The standard InChI is InChI=1S/C18H16O3/c1-2-21-17-15(13-9-5-3-6-10-13)16(19)18(17,20)14-11-7-4-8-12-14/h3-12,20H,2H2,1H3. The molecule has 0 aromatic heterocycles. The molecule has 2 aromatic carbocycles. The van der Waals surface area contributed by atoms with E-state index in [0.29, 0.717) is 23.5 Å². The summed E-state index contributed by atoms with van der Waals surface area (Å²) < 4.78 is 5.59. The molecule has 0 amide bonds. The van der Waals surface area contributed by atoms with Gasteiger partial charge in [0.15, 0.2) is 5.76 Å². The first-order valence-electron chi connectivity index (χ1n) is 6.95. The summed E-state index contributed by atoms with van der Waals surface area (Å²) >= 11 is 0. The van der Waals surface area contributed by atoms with Crippen LogP contribution in [0.3, 0.4) is 0 Å². The van der Waals surface area contributed by atoms with Crippen molar-refractivity contribution in [2.24, 2.45) is 0 Å². The number of ether oxygens (including phenoxy) is 1. The van der Waals surface area contributed by atoms with Crippen molar-refractivity contribution in [1.82, 2.24) is 0 Å². The molecule has 0 spiro atoms. The van der Waals surface area contributed by atoms with Crippen molar-refractivity contribution in [3.05, 3.63) is 77.5 Å². The Morgan fingerprint density at radius 1 is 1.00 bits per heavy atom. The van der Waals surface area contributed by atoms with Gasteiger partial charge in [0.2, 0.25) is 11.4 Å². The zero-order valence-corrected chi connectivity index (χ0v) is 11.7. The van der Waals surface area contributed by atoms with Gasteiger partial charge in [0, 0.05) is 0 Å². The summed E-state index contributed by atoms with van der Waals surface area (Å²) in [6.07, 6.45) is 0. The summed E-state index contributed by atoms with van der Waals surface area (Å²) in [6, 6.07) is 18.2. The van der Waals surface area contributed by atoms with Crippen LogP contribution in [0.15, 0.2) is 66.4 Å². The Bertz CT molecular complexity index is 689. The Labute approximate surface area is 123 Å². The fraction of sp³-hybridized carbons (Fsp3) is 0.167. The van der Waals surface area contributed by atoms with Crippen LogP contribution >= 0.6 is 0 Å². The monoisotopic (exact) mass is 280 g/mol. The SMILES string of the molecule is CCOC1=C(c2ccccc2)C(=O)C1(O)c1ccccc1. The van der Waals surface area contributed by atoms with E-state index in [9.17, 15) is 9.90 Å². The number of carbonyl (C=O) groups excluding carboxylic acids is 1. The van der Waals surface area contributed by atoms with Gasteiger partial charge in [-0.25, -0.2) is 0 Å². The maximum absolute atomic E-state index is 12.6. The molecule has 1 N–H and O–H groups in total. The third kappa shape index (κ3) is 1.98. The van der Waals surface area contributed by atoms with Crippen molar-refractivity contribution in [3.63, 3.8) is 0 Å². The van der Waals surface area contributed by atoms with Gasteiger partial charge in [-0.1, -0.05) is 60.7 Å². The molecule has 1 atom stereocenters. The zero-order chi connectivity index (χ0) is 14.9. The number of Topliss-reactive ketones (excluding diaryl/α,β-unsaturated/α-hetero) is 1. The minimum Gasteiger partial charge on any atom is -0.493 e. The molecular formula is C18H16O3. The van der Waals surface area contributed by atoms with Gasteiger partial charge in [-0.05, 0) is 18.1 Å². The van der Waals surface area contributed by atoms with Crippen LogP contribution in [0, 0.1) is 0 Å². The van der Waals surface area contributed by atoms with E-state index in [2.05, 4.69) is 0 Å². The molecule has 0 fully saturated rings. The Morgan fingerprint density at radius 2 is 1.57 bits per heavy atom. The van der Waals surface area contributed by atoms with Crippen LogP contribution in [-0.2, 0) is 15.1 Å². The lowest BCUT2D eigenvalue weighted by atomic mass is 9.71. The summed E-state index contributed by atoms with van der Waals surface area (Å²) in [5.41, 5.74) is 0.108. The second kappa shape index (κ2) is 5.19. The highest BCUT2D eigenvalue weighted by Crippen LogP contribution is 2.48. The van der Waals surface area contributed by atoms with E-state index in [4.69, 9.17) is 4.74 Å². The molecular weight excluding hydrogens is 264 g/mol. The molecule has 1 aliphatic rings. The zero-order valence-electron chi connectivity index (χ0n) is 11.7. The highest BCUT2D eigenvalue weighted by atomic mass is 16.5. The topological polar surface area (TPSA) is 46.5 Å². The maximum Gasteiger partial charge on any atom is 0.211 e. The third-order valence-electron chi connectivity index (χ3n) is 3.65. The molecule has 1 aliphatic carbocycles. The fourth-order valence-corrected chi connectivity index (χ4v) is 2.64. The molecule has 1 unspecified atom stereocenters. The van der Waals surface area contributed by atoms with Crippen molar-refractivity contribution in [2.75, 3.05) is 6.61 Å². The van der Waals surface area contributed by atoms with Crippen LogP contribution < -0.4 is 0 Å². The second-order valence-electron chi connectivity index (χ2n) is 4.91. The van der Waals surface area contributed by atoms with Crippen LogP contribution in [0.2, 0.25) is 0 Å². The van der Waals surface area contributed by atoms with Crippen molar-refractivity contribution in [3.8, 4) is 0 Å². The van der Waals surface area contributed by atoms with E-state index in [1.807, 2.05) is 43.3 Å². The van der Waals surface area contributed by atoms with E-state index in [-0.39, 0.29) is 5.78 Å². The molecule has 0 radical (unpaired) electrons. The largest absolute Gasteiger partial charge is 0.493 e. The highest BCUT2D eigenvalue weighted by Gasteiger charge is 2.56. The number of ketones is 1. The van der Waals surface area contributed by atoms with Gasteiger partial charge in [-0.2, -0.15) is 0 Å². The Hall–Kier alpha value is -2.39. The van der Waals surface area contributed by atoms with E-state index in [1.54, 1.807) is 24.3 Å². The summed E-state index contributed by atoms with van der Waals surface area (Å²) in [7, 11) is 0. The maximum atomic E-state index is 12.6. The lowest BCUT2D eigenvalue weighted by molar-refractivity contribution is -0.137. The van der Waals surface area contributed by atoms with Crippen LogP contribution in [-0.4, -0.2) is 17.5 Å². The van der Waals surface area contributed by atoms with Crippen LogP contribution in [0.5, 0.6) is 0 Å². The van der Waals surface area contributed by atoms with Crippen molar-refractivity contribution in [2.45, 2.75) is 12.5 Å². The van der Waals surface area contributed by atoms with Crippen LogP contribution in [0.25, 0.3) is 5.57 Å². The number of carbonyl (C=O) groups is 1. The van der Waals surface area contributed by atoms with Gasteiger partial charge < -0.3 is 9.84 Å². The molecule has 0 aliphatic heterocycles. The first-order chi connectivity index (χ1) is 10.2. The number of hydrogen-bond acceptors (Lipinski definition) is 3. The molecule has 3 rings (SSSR count). The lowest BCUT2D eigenvalue weighted by Gasteiger charge is -2.39. The summed E-state index contributed by atoms with van der Waals surface area (Å²) in [5, 5.41) is 10.8. The Morgan fingerprint density at radius 3 is 2.14 bits per heavy atom. The molecule has 0 saturated carbocycles. The normalized spacial score (nSPS) is 21.1. The summed E-state index contributed by atoms with van der Waals surface area (Å²) in [5.74, 6) is 0.0238. The first kappa shape index (κ1) is 13.6. The molecule has 2 aromatic rings. The predicted molar refractivity (Wildman–Crippen MR) is 80.3 cm³/mol. The van der Waals surface area contributed by atoms with Gasteiger partial charge >= 0.3 is 0 Å². The summed E-state index contributed by atoms with van der Waals surface area (Å²) in [4.78, 5) is 12.6. The van der Waals surface area contributed by atoms with Gasteiger partial charge in [0.1, 0.15) is 0 Å². The average molecular weight is 280 g/mol. The van der Waals surface area contributed by atoms with Gasteiger partial charge in [-0.3, -0.25) is 4.79 Å². The van der Waals surface area contributed by atoms with Crippen LogP contribution in [0.1, 0.15) is 18.1 Å². The predicted octanol–water partition coefficient (Wildman–Crippen LogP) is 2.90. The van der Waals surface area contributed by atoms with Gasteiger partial charge in [0.05, 0.1) is 12.2 Å². The van der Waals surface area contributed by atoms with Crippen molar-refractivity contribution >= 4 is 11.4 Å². The molecule has 106 valence electrons. The number of benzene rings is 2. The summed E-state index contributed by atoms with van der Waals surface area (Å²) in [6.45, 7) is 2.23. The quantitative estimate of drug-likeness (QED) is 0.936.